The summed E-state index contributed by atoms with van der Waals surface area (Å²) in [5.41, 5.74) is 0.956. The van der Waals surface area contributed by atoms with Gasteiger partial charge in [-0.25, -0.2) is 4.39 Å². The van der Waals surface area contributed by atoms with Gasteiger partial charge in [0.25, 0.3) is 5.91 Å². The number of amides is 1. The van der Waals surface area contributed by atoms with Crippen LogP contribution in [-0.4, -0.2) is 13.0 Å². The highest BCUT2D eigenvalue weighted by Crippen LogP contribution is 2.21. The van der Waals surface area contributed by atoms with E-state index in [9.17, 15) is 9.18 Å². The average molecular weight is 296 g/mol. The van der Waals surface area contributed by atoms with Crippen LogP contribution in [0.1, 0.15) is 5.56 Å². The van der Waals surface area contributed by atoms with Gasteiger partial charge in [-0.2, -0.15) is 5.26 Å². The van der Waals surface area contributed by atoms with Crippen LogP contribution < -0.4 is 10.1 Å². The fraction of sp³-hybridized carbons (Fsp3) is 0.0588. The number of anilines is 1. The quantitative estimate of drug-likeness (QED) is 0.695. The Hall–Kier alpha value is -3.13. The predicted octanol–water partition coefficient (Wildman–Crippen LogP) is 3.38. The molecule has 0 saturated heterocycles. The van der Waals surface area contributed by atoms with Crippen LogP contribution in [0.3, 0.4) is 0 Å². The first-order valence-corrected chi connectivity index (χ1v) is 6.46. The van der Waals surface area contributed by atoms with Crippen LogP contribution in [0, 0.1) is 17.1 Å². The van der Waals surface area contributed by atoms with Gasteiger partial charge in [0, 0.05) is 11.3 Å². The summed E-state index contributed by atoms with van der Waals surface area (Å²) in [6.07, 6.45) is 1.44. The number of nitriles is 1. The van der Waals surface area contributed by atoms with Crippen molar-refractivity contribution < 1.29 is 13.9 Å². The smallest absolute Gasteiger partial charge is 0.266 e. The molecule has 2 aromatic rings. The number of nitrogens with one attached hydrogen (secondary N) is 1. The zero-order valence-electron chi connectivity index (χ0n) is 11.8. The van der Waals surface area contributed by atoms with Crippen molar-refractivity contribution in [2.24, 2.45) is 0 Å². The zero-order chi connectivity index (χ0) is 15.9. The summed E-state index contributed by atoms with van der Waals surface area (Å²) in [6, 6.07) is 14.2. The maximum atomic E-state index is 12.8. The SMILES string of the molecule is COc1ccccc1/C=C(\C#N)C(=O)Nc1ccc(F)cc1. The topological polar surface area (TPSA) is 62.1 Å². The highest BCUT2D eigenvalue weighted by Gasteiger charge is 2.11. The van der Waals surface area contributed by atoms with Crippen LogP contribution in [0.25, 0.3) is 6.08 Å². The van der Waals surface area contributed by atoms with Gasteiger partial charge >= 0.3 is 0 Å². The Balaban J connectivity index is 2.24. The van der Waals surface area contributed by atoms with Gasteiger partial charge in [0.2, 0.25) is 0 Å². The minimum atomic E-state index is -0.569. The molecule has 1 N–H and O–H groups in total. The van der Waals surface area contributed by atoms with Gasteiger partial charge in [-0.3, -0.25) is 4.79 Å². The van der Waals surface area contributed by atoms with E-state index in [0.717, 1.165) is 0 Å². The third-order valence-electron chi connectivity index (χ3n) is 2.91. The summed E-state index contributed by atoms with van der Waals surface area (Å²) in [5.74, 6) is -0.409. The lowest BCUT2D eigenvalue weighted by Gasteiger charge is -2.06. The van der Waals surface area contributed by atoms with Gasteiger partial charge in [-0.15, -0.1) is 0 Å². The molecule has 0 fully saturated rings. The molecule has 0 aliphatic heterocycles. The van der Waals surface area contributed by atoms with Gasteiger partial charge in [0.15, 0.2) is 0 Å². The van der Waals surface area contributed by atoms with E-state index in [1.807, 2.05) is 6.07 Å². The molecule has 0 aliphatic carbocycles. The predicted molar refractivity (Wildman–Crippen MR) is 81.6 cm³/mol. The lowest BCUT2D eigenvalue weighted by Crippen LogP contribution is -2.13. The van der Waals surface area contributed by atoms with Gasteiger partial charge in [0.1, 0.15) is 23.2 Å². The Kier molecular flexibility index (Phi) is 4.89. The number of methoxy groups -OCH3 is 1. The van der Waals surface area contributed by atoms with E-state index in [4.69, 9.17) is 10.00 Å². The van der Waals surface area contributed by atoms with Crippen molar-refractivity contribution in [1.29, 1.82) is 5.26 Å². The molecule has 0 bridgehead atoms. The van der Waals surface area contributed by atoms with E-state index in [1.165, 1.54) is 37.5 Å². The largest absolute Gasteiger partial charge is 0.496 e. The zero-order valence-corrected chi connectivity index (χ0v) is 11.8. The lowest BCUT2D eigenvalue weighted by molar-refractivity contribution is -0.112. The van der Waals surface area contributed by atoms with Crippen molar-refractivity contribution in [3.8, 4) is 11.8 Å². The molecular weight excluding hydrogens is 283 g/mol. The molecule has 4 nitrogen and oxygen atoms in total. The number of carbonyl (C=O) groups is 1. The molecule has 0 heterocycles. The Morgan fingerprint density at radius 3 is 2.55 bits per heavy atom. The standard InChI is InChI=1S/C17H13FN2O2/c1-22-16-5-3-2-4-12(16)10-13(11-19)17(21)20-15-8-6-14(18)7-9-15/h2-10H,1H3,(H,20,21)/b13-10+. The molecule has 0 atom stereocenters. The number of hydrogen-bond acceptors (Lipinski definition) is 3. The molecule has 0 aromatic heterocycles. The third kappa shape index (κ3) is 3.70. The van der Waals surface area contributed by atoms with E-state index in [0.29, 0.717) is 17.0 Å². The molecule has 2 rings (SSSR count). The van der Waals surface area contributed by atoms with Crippen molar-refractivity contribution in [2.75, 3.05) is 12.4 Å². The summed E-state index contributed by atoms with van der Waals surface area (Å²) in [5, 5.41) is 11.7. The summed E-state index contributed by atoms with van der Waals surface area (Å²) in [4.78, 5) is 12.1. The number of benzene rings is 2. The Morgan fingerprint density at radius 2 is 1.91 bits per heavy atom. The summed E-state index contributed by atoms with van der Waals surface area (Å²) in [7, 11) is 1.51. The molecule has 0 radical (unpaired) electrons. The molecule has 0 aliphatic rings. The molecule has 110 valence electrons. The molecule has 1 amide bonds. The van der Waals surface area contributed by atoms with E-state index in [2.05, 4.69) is 5.32 Å². The second-order valence-corrected chi connectivity index (χ2v) is 4.37. The first-order valence-electron chi connectivity index (χ1n) is 6.46. The van der Waals surface area contributed by atoms with Crippen molar-refractivity contribution in [3.05, 3.63) is 65.5 Å². The molecule has 0 unspecified atom stereocenters. The maximum Gasteiger partial charge on any atom is 0.266 e. The van der Waals surface area contributed by atoms with E-state index < -0.39 is 11.7 Å². The molecule has 0 saturated carbocycles. The van der Waals surface area contributed by atoms with Gasteiger partial charge in [-0.05, 0) is 36.4 Å². The van der Waals surface area contributed by atoms with Crippen LogP contribution in [0.4, 0.5) is 10.1 Å². The Labute approximate surface area is 127 Å². The molecule has 0 spiro atoms. The number of halogens is 1. The van der Waals surface area contributed by atoms with E-state index in [1.54, 1.807) is 24.3 Å². The third-order valence-corrected chi connectivity index (χ3v) is 2.91. The maximum absolute atomic E-state index is 12.8. The van der Waals surface area contributed by atoms with Crippen LogP contribution >= 0.6 is 0 Å². The molecular formula is C17H13FN2O2. The number of carbonyl (C=O) groups excluding carboxylic acids is 1. The number of para-hydroxylation sites is 1. The number of ether oxygens (including phenoxy) is 1. The van der Waals surface area contributed by atoms with Gasteiger partial charge < -0.3 is 10.1 Å². The Bertz CT molecular complexity index is 746. The molecule has 22 heavy (non-hydrogen) atoms. The number of hydrogen-bond donors (Lipinski definition) is 1. The van der Waals surface area contributed by atoms with Crippen molar-refractivity contribution in [2.45, 2.75) is 0 Å². The van der Waals surface area contributed by atoms with Crippen LogP contribution in [0.2, 0.25) is 0 Å². The normalized spacial score (nSPS) is 10.7. The number of nitrogens with zero attached hydrogens (tertiary/aromatic N) is 1. The summed E-state index contributed by atoms with van der Waals surface area (Å²) < 4.78 is 18.0. The van der Waals surface area contributed by atoms with Crippen molar-refractivity contribution >= 4 is 17.7 Å². The van der Waals surface area contributed by atoms with Gasteiger partial charge in [-0.1, -0.05) is 18.2 Å². The summed E-state index contributed by atoms with van der Waals surface area (Å²) in [6.45, 7) is 0. The van der Waals surface area contributed by atoms with E-state index in [-0.39, 0.29) is 5.57 Å². The van der Waals surface area contributed by atoms with E-state index >= 15 is 0 Å². The highest BCUT2D eigenvalue weighted by molar-refractivity contribution is 6.09. The van der Waals surface area contributed by atoms with Crippen LogP contribution in [0.5, 0.6) is 5.75 Å². The molecule has 5 heteroatoms. The average Bonchev–Trinajstić information content (AvgIpc) is 2.55. The lowest BCUT2D eigenvalue weighted by atomic mass is 10.1. The highest BCUT2D eigenvalue weighted by atomic mass is 19.1. The van der Waals surface area contributed by atoms with Crippen LogP contribution in [0.15, 0.2) is 54.1 Å². The first kappa shape index (κ1) is 15.3. The minimum Gasteiger partial charge on any atom is -0.496 e. The number of rotatable bonds is 4. The first-order chi connectivity index (χ1) is 10.6. The van der Waals surface area contributed by atoms with Crippen molar-refractivity contribution in [1.82, 2.24) is 0 Å². The second-order valence-electron chi connectivity index (χ2n) is 4.37. The van der Waals surface area contributed by atoms with Gasteiger partial charge in [0.05, 0.1) is 7.11 Å². The second kappa shape index (κ2) is 7.04. The fourth-order valence-corrected chi connectivity index (χ4v) is 1.82. The monoisotopic (exact) mass is 296 g/mol. The summed E-state index contributed by atoms with van der Waals surface area (Å²) >= 11 is 0. The van der Waals surface area contributed by atoms with Crippen LogP contribution in [-0.2, 0) is 4.79 Å². The fourth-order valence-electron chi connectivity index (χ4n) is 1.82. The Morgan fingerprint density at radius 1 is 1.23 bits per heavy atom. The minimum absolute atomic E-state index is 0.0752. The van der Waals surface area contributed by atoms with Crippen molar-refractivity contribution in [3.63, 3.8) is 0 Å². The molecule has 2 aromatic carbocycles.